The number of nitrogens with zero attached hydrogens (tertiary/aromatic N) is 1. The molecule has 5 nitrogen and oxygen atoms in total. The monoisotopic (exact) mass is 231 g/mol. The number of aromatic nitrogens is 1. The largest absolute Gasteiger partial charge is 1.00 e. The first-order valence-electron chi connectivity index (χ1n) is 2.88. The van der Waals surface area contributed by atoms with E-state index in [9.17, 15) is 18.7 Å². The molecular weight excluding hydrogens is 228 g/mol. The zero-order chi connectivity index (χ0) is 9.14. The summed E-state index contributed by atoms with van der Waals surface area (Å²) in [5, 5.41) is 9.93. The van der Waals surface area contributed by atoms with E-state index in [-0.39, 0.29) is 69.7 Å². The summed E-state index contributed by atoms with van der Waals surface area (Å²) in [6.45, 7) is 0. The van der Waals surface area contributed by atoms with E-state index in [4.69, 9.17) is 0 Å². The van der Waals surface area contributed by atoms with Gasteiger partial charge in [0.15, 0.2) is 0 Å². The Bertz CT molecular complexity index is 317. The van der Waals surface area contributed by atoms with Crippen molar-refractivity contribution in [2.24, 2.45) is 0 Å². The summed E-state index contributed by atoms with van der Waals surface area (Å²) < 4.78 is 20.6. The zero-order valence-electron chi connectivity index (χ0n) is 7.72. The van der Waals surface area contributed by atoms with Crippen LogP contribution in [0, 0.1) is 0 Å². The number of pyridine rings is 1. The molecule has 0 fully saturated rings. The second-order valence-electron chi connectivity index (χ2n) is 1.90. The third-order valence-corrected chi connectivity index (χ3v) is 1.71. The van der Waals surface area contributed by atoms with Crippen molar-refractivity contribution in [1.82, 2.24) is 4.98 Å². The first-order valence-corrected chi connectivity index (χ1v) is 3.95. The minimum atomic E-state index is -2.51. The molecule has 64 valence electrons. The van der Waals surface area contributed by atoms with Gasteiger partial charge in [-0.25, -0.2) is 4.98 Å². The number of aromatic carboxylic acids is 1. The molecule has 14 heavy (non-hydrogen) atoms. The normalized spacial score (nSPS) is 10.6. The molecule has 0 aromatic carbocycles. The average Bonchev–Trinajstić information content (AvgIpc) is 2.04. The maximum absolute atomic E-state index is 10.3. The third kappa shape index (κ3) is 4.99. The second kappa shape index (κ2) is 7.95. The Hall–Kier alpha value is 0.730. The molecule has 1 heterocycles. The molecule has 0 aliphatic carbocycles. The first kappa shape index (κ1) is 17.1. The van der Waals surface area contributed by atoms with Gasteiger partial charge in [0.1, 0.15) is 5.03 Å². The van der Waals surface area contributed by atoms with Crippen molar-refractivity contribution >= 4 is 17.0 Å². The van der Waals surface area contributed by atoms with Gasteiger partial charge in [-0.3, -0.25) is 4.21 Å². The van der Waals surface area contributed by atoms with Gasteiger partial charge in [0.2, 0.25) is 0 Å². The van der Waals surface area contributed by atoms with Crippen LogP contribution in [0.2, 0.25) is 0 Å². The third-order valence-electron chi connectivity index (χ3n) is 1.14. The van der Waals surface area contributed by atoms with Crippen molar-refractivity contribution in [2.75, 3.05) is 0 Å². The van der Waals surface area contributed by atoms with E-state index in [0.29, 0.717) is 0 Å². The molecule has 8 heteroatoms. The van der Waals surface area contributed by atoms with Crippen LogP contribution >= 0.6 is 0 Å². The Kier molecular flexibility index (Phi) is 9.73. The molecular formula is C6H3NNa2O4S. The number of hydrogen-bond acceptors (Lipinski definition) is 5. The quantitative estimate of drug-likeness (QED) is 0.372. The number of carbonyl (C=O) groups excluding carboxylic acids is 1. The van der Waals surface area contributed by atoms with Crippen molar-refractivity contribution < 1.29 is 77.8 Å². The van der Waals surface area contributed by atoms with Crippen molar-refractivity contribution in [3.05, 3.63) is 23.9 Å². The second-order valence-corrected chi connectivity index (χ2v) is 2.79. The van der Waals surface area contributed by atoms with E-state index < -0.39 is 17.0 Å². The van der Waals surface area contributed by atoms with Gasteiger partial charge in [0.05, 0.1) is 5.97 Å². The van der Waals surface area contributed by atoms with Crippen LogP contribution in [0.15, 0.2) is 23.4 Å². The molecule has 0 saturated heterocycles. The summed E-state index contributed by atoms with van der Waals surface area (Å²) >= 11 is -2.51. The Morgan fingerprint density at radius 3 is 2.43 bits per heavy atom. The van der Waals surface area contributed by atoms with E-state index in [2.05, 4.69) is 4.98 Å². The van der Waals surface area contributed by atoms with Crippen molar-refractivity contribution in [3.63, 3.8) is 0 Å². The van der Waals surface area contributed by atoms with Crippen LogP contribution in [-0.4, -0.2) is 19.7 Å². The summed E-state index contributed by atoms with van der Waals surface area (Å²) in [5.41, 5.74) is -0.204. The van der Waals surface area contributed by atoms with Crippen molar-refractivity contribution in [1.29, 1.82) is 0 Å². The Morgan fingerprint density at radius 1 is 1.43 bits per heavy atom. The van der Waals surface area contributed by atoms with E-state index >= 15 is 0 Å². The van der Waals surface area contributed by atoms with Crippen LogP contribution < -0.4 is 64.2 Å². The topological polar surface area (TPSA) is 93.2 Å². The average molecular weight is 231 g/mol. The molecule has 0 saturated carbocycles. The molecule has 0 amide bonds. The van der Waals surface area contributed by atoms with Gasteiger partial charge in [0.25, 0.3) is 0 Å². The molecule has 0 aliphatic rings. The van der Waals surface area contributed by atoms with Gasteiger partial charge >= 0.3 is 59.1 Å². The molecule has 0 radical (unpaired) electrons. The number of carboxylic acids is 1. The maximum Gasteiger partial charge on any atom is 1.00 e. The molecule has 1 atom stereocenters. The summed E-state index contributed by atoms with van der Waals surface area (Å²) in [4.78, 5) is 13.7. The Labute approximate surface area is 127 Å². The standard InChI is InChI=1S/C6H5NO4S.2Na/c8-6(9)4-1-2-7-5(3-4)12(10)11;;/h1-3H,(H,8,9)(H,10,11);;/q;2*+1/p-2. The zero-order valence-corrected chi connectivity index (χ0v) is 12.5. The molecule has 0 aliphatic heterocycles. The van der Waals surface area contributed by atoms with Crippen molar-refractivity contribution in [3.8, 4) is 0 Å². The van der Waals surface area contributed by atoms with Gasteiger partial charge in [-0.05, 0) is 23.2 Å². The van der Waals surface area contributed by atoms with Crippen molar-refractivity contribution in [2.45, 2.75) is 5.03 Å². The predicted octanol–water partition coefficient (Wildman–Crippen LogP) is -7.31. The van der Waals surface area contributed by atoms with Gasteiger partial charge in [-0.15, -0.1) is 0 Å². The van der Waals surface area contributed by atoms with Crippen LogP contribution in [0.4, 0.5) is 0 Å². The number of carbonyl (C=O) groups is 1. The van der Waals surface area contributed by atoms with Gasteiger partial charge in [-0.2, -0.15) is 0 Å². The van der Waals surface area contributed by atoms with E-state index in [0.717, 1.165) is 18.3 Å². The fourth-order valence-corrected chi connectivity index (χ4v) is 0.998. The summed E-state index contributed by atoms with van der Waals surface area (Å²) in [5.74, 6) is -1.43. The van der Waals surface area contributed by atoms with Crippen LogP contribution in [0.5, 0.6) is 0 Å². The van der Waals surface area contributed by atoms with Crippen LogP contribution in [0.3, 0.4) is 0 Å². The van der Waals surface area contributed by atoms with E-state index in [1.54, 1.807) is 0 Å². The molecule has 0 spiro atoms. The first-order chi connectivity index (χ1) is 5.61. The molecule has 0 N–H and O–H groups in total. The predicted molar refractivity (Wildman–Crippen MR) is 35.8 cm³/mol. The smallest absolute Gasteiger partial charge is 0.767 e. The SMILES string of the molecule is O=C([O-])c1ccnc(S(=O)[O-])c1.[Na+].[Na+]. The fraction of sp³-hybridized carbons (Fsp3) is 0. The maximum atomic E-state index is 10.3. The fourth-order valence-electron chi connectivity index (χ4n) is 0.628. The minimum absolute atomic E-state index is 0. The van der Waals surface area contributed by atoms with Crippen LogP contribution in [0.25, 0.3) is 0 Å². The molecule has 0 bridgehead atoms. The van der Waals surface area contributed by atoms with Crippen LogP contribution in [0.1, 0.15) is 10.4 Å². The van der Waals surface area contributed by atoms with Crippen LogP contribution in [-0.2, 0) is 11.1 Å². The molecule has 1 aromatic rings. The number of hydrogen-bond donors (Lipinski definition) is 0. The Morgan fingerprint density at radius 2 is 2.00 bits per heavy atom. The van der Waals surface area contributed by atoms with E-state index in [1.807, 2.05) is 0 Å². The summed E-state index contributed by atoms with van der Waals surface area (Å²) in [6, 6.07) is 2.09. The van der Waals surface area contributed by atoms with Gasteiger partial charge in [0, 0.05) is 11.8 Å². The summed E-state index contributed by atoms with van der Waals surface area (Å²) in [7, 11) is 0. The minimum Gasteiger partial charge on any atom is -0.767 e. The number of rotatable bonds is 2. The summed E-state index contributed by atoms with van der Waals surface area (Å²) in [6.07, 6.45) is 1.09. The Balaban J connectivity index is 0. The molecule has 1 aromatic heterocycles. The van der Waals surface area contributed by atoms with Gasteiger partial charge in [-0.1, -0.05) is 0 Å². The number of carboxylic acid groups (broad SMARTS) is 1. The van der Waals surface area contributed by atoms with Gasteiger partial charge < -0.3 is 14.5 Å². The molecule has 1 rings (SSSR count). The van der Waals surface area contributed by atoms with E-state index in [1.165, 1.54) is 0 Å². The molecule has 1 unspecified atom stereocenters.